The first-order valence-electron chi connectivity index (χ1n) is 11.8. The lowest BCUT2D eigenvalue weighted by atomic mass is 9.78. The zero-order chi connectivity index (χ0) is 22.4. The van der Waals surface area contributed by atoms with E-state index < -0.39 is 8.32 Å². The molecule has 2 unspecified atom stereocenters. The molecule has 0 aromatic carbocycles. The fourth-order valence-corrected chi connectivity index (χ4v) is 5.52. The number of hydrogen-bond acceptors (Lipinski definition) is 4. The van der Waals surface area contributed by atoms with Crippen LogP contribution in [-0.4, -0.2) is 31.6 Å². The summed E-state index contributed by atoms with van der Waals surface area (Å²) in [6.07, 6.45) is 8.64. The van der Waals surface area contributed by atoms with Crippen LogP contribution in [0, 0.1) is 0 Å². The van der Waals surface area contributed by atoms with Gasteiger partial charge in [-0.15, -0.1) is 0 Å². The molecule has 2 heterocycles. The van der Waals surface area contributed by atoms with E-state index >= 15 is 0 Å². The summed E-state index contributed by atoms with van der Waals surface area (Å²) in [4.78, 5) is 4.91. The lowest BCUT2D eigenvalue weighted by molar-refractivity contribution is -0.0169. The van der Waals surface area contributed by atoms with Crippen LogP contribution in [0.3, 0.4) is 0 Å². The molecule has 2 aliphatic rings. The van der Waals surface area contributed by atoms with E-state index in [1.165, 1.54) is 5.56 Å². The maximum Gasteiger partial charge on any atom is 0.496 e. The van der Waals surface area contributed by atoms with Gasteiger partial charge in [0.15, 0.2) is 8.32 Å². The Labute approximate surface area is 185 Å². The van der Waals surface area contributed by atoms with Crippen LogP contribution in [0.25, 0.3) is 0 Å². The van der Waals surface area contributed by atoms with Crippen molar-refractivity contribution in [2.24, 2.45) is 0 Å². The van der Waals surface area contributed by atoms with Crippen molar-refractivity contribution in [2.45, 2.75) is 122 Å². The summed E-state index contributed by atoms with van der Waals surface area (Å²) in [5.41, 5.74) is 2.86. The zero-order valence-corrected chi connectivity index (χ0v) is 21.7. The molecule has 1 aromatic rings. The molecule has 3 rings (SSSR count). The third-order valence-corrected chi connectivity index (χ3v) is 12.3. The van der Waals surface area contributed by atoms with Gasteiger partial charge in [-0.1, -0.05) is 46.6 Å². The molecule has 0 radical (unpaired) electrons. The van der Waals surface area contributed by atoms with Crippen molar-refractivity contribution in [3.05, 3.63) is 23.5 Å². The summed E-state index contributed by atoms with van der Waals surface area (Å²) in [6.45, 7) is 20.3. The number of unbranched alkanes of at least 4 members (excludes halogenated alkanes) is 1. The van der Waals surface area contributed by atoms with Gasteiger partial charge in [0, 0.05) is 11.7 Å². The molecule has 1 aliphatic heterocycles. The van der Waals surface area contributed by atoms with Crippen molar-refractivity contribution in [1.29, 1.82) is 0 Å². The molecule has 1 fully saturated rings. The highest BCUT2D eigenvalue weighted by atomic mass is 28.4. The van der Waals surface area contributed by atoms with Crippen LogP contribution < -0.4 is 5.46 Å². The van der Waals surface area contributed by atoms with Crippen LogP contribution in [0.4, 0.5) is 0 Å². The van der Waals surface area contributed by atoms with Crippen molar-refractivity contribution in [2.75, 3.05) is 0 Å². The summed E-state index contributed by atoms with van der Waals surface area (Å²) in [5, 5.41) is 0.199. The predicted octanol–water partition coefficient (Wildman–Crippen LogP) is 5.95. The summed E-state index contributed by atoms with van der Waals surface area (Å²) in [7, 11) is -2.19. The first-order chi connectivity index (χ1) is 13.8. The minimum atomic E-state index is -1.84. The number of rotatable bonds is 6. The summed E-state index contributed by atoms with van der Waals surface area (Å²) < 4.78 is 19.7. The van der Waals surface area contributed by atoms with Crippen molar-refractivity contribution < 1.29 is 13.7 Å². The van der Waals surface area contributed by atoms with E-state index in [1.54, 1.807) is 0 Å². The molecule has 30 heavy (non-hydrogen) atoms. The van der Waals surface area contributed by atoms with Crippen LogP contribution in [0.1, 0.15) is 97.9 Å². The second-order valence-electron chi connectivity index (χ2n) is 11.5. The lowest BCUT2D eigenvalue weighted by Crippen LogP contribution is -2.44. The van der Waals surface area contributed by atoms with E-state index in [0.29, 0.717) is 0 Å². The largest absolute Gasteiger partial charge is 0.496 e. The fourth-order valence-electron chi connectivity index (χ4n) is 4.22. The number of aromatic nitrogens is 1. The number of hydrogen-bond donors (Lipinski definition) is 0. The number of pyridine rings is 1. The Kier molecular flexibility index (Phi) is 6.66. The van der Waals surface area contributed by atoms with Crippen LogP contribution in [0.2, 0.25) is 18.1 Å². The van der Waals surface area contributed by atoms with E-state index in [1.807, 2.05) is 6.20 Å². The predicted molar refractivity (Wildman–Crippen MR) is 128 cm³/mol. The van der Waals surface area contributed by atoms with E-state index in [9.17, 15) is 0 Å². The normalized spacial score (nSPS) is 26.7. The molecular formula is C24H42BNO3Si. The average Bonchev–Trinajstić information content (AvgIpc) is 2.88. The second-order valence-corrected chi connectivity index (χ2v) is 16.2. The molecule has 1 saturated heterocycles. The summed E-state index contributed by atoms with van der Waals surface area (Å²) in [5.74, 6) is 0. The molecule has 2 atom stereocenters. The third kappa shape index (κ3) is 4.57. The van der Waals surface area contributed by atoms with Crippen LogP contribution in [0.5, 0.6) is 0 Å². The molecule has 1 aliphatic carbocycles. The smallest absolute Gasteiger partial charge is 0.408 e. The van der Waals surface area contributed by atoms with Gasteiger partial charge < -0.3 is 13.7 Å². The molecule has 0 amide bonds. The van der Waals surface area contributed by atoms with Gasteiger partial charge in [0.05, 0.1) is 23.0 Å². The average molecular weight is 432 g/mol. The molecule has 168 valence electrons. The standard InChI is InChI=1S/C24H42BNO3Si/c1-10-11-15-24(7)23(5,6)28-25(29-24)19-16-18-13-12-14-20(21(18)26-17-19)27-30(8,9)22(2,3)4/h16-17,20H,10-15H2,1-9H3. The van der Waals surface area contributed by atoms with Gasteiger partial charge in [0.1, 0.15) is 0 Å². The highest BCUT2D eigenvalue weighted by Gasteiger charge is 2.54. The monoisotopic (exact) mass is 431 g/mol. The first-order valence-corrected chi connectivity index (χ1v) is 14.7. The summed E-state index contributed by atoms with van der Waals surface area (Å²) >= 11 is 0. The Morgan fingerprint density at radius 2 is 1.93 bits per heavy atom. The second kappa shape index (κ2) is 8.34. The minimum Gasteiger partial charge on any atom is -0.408 e. The molecule has 1 aromatic heterocycles. The molecule has 0 saturated carbocycles. The van der Waals surface area contributed by atoms with Crippen molar-refractivity contribution >= 4 is 20.9 Å². The molecule has 6 heteroatoms. The lowest BCUT2D eigenvalue weighted by Gasteiger charge is -2.40. The fraction of sp³-hybridized carbons (Fsp3) is 0.792. The van der Waals surface area contributed by atoms with Gasteiger partial charge in [-0.2, -0.15) is 0 Å². The van der Waals surface area contributed by atoms with Gasteiger partial charge in [0.2, 0.25) is 0 Å². The van der Waals surface area contributed by atoms with Gasteiger partial charge in [-0.25, -0.2) is 0 Å². The molecular weight excluding hydrogens is 389 g/mol. The van der Waals surface area contributed by atoms with Crippen LogP contribution >= 0.6 is 0 Å². The van der Waals surface area contributed by atoms with Gasteiger partial charge in [-0.3, -0.25) is 4.98 Å². The quantitative estimate of drug-likeness (QED) is 0.522. The van der Waals surface area contributed by atoms with E-state index in [0.717, 1.165) is 49.7 Å². The summed E-state index contributed by atoms with van der Waals surface area (Å²) in [6, 6.07) is 2.26. The molecule has 0 bridgehead atoms. The Morgan fingerprint density at radius 3 is 2.57 bits per heavy atom. The Morgan fingerprint density at radius 1 is 1.23 bits per heavy atom. The number of aryl methyl sites for hydroxylation is 1. The van der Waals surface area contributed by atoms with E-state index in [4.69, 9.17) is 18.7 Å². The van der Waals surface area contributed by atoms with Crippen molar-refractivity contribution in [3.8, 4) is 0 Å². The maximum atomic E-state index is 6.76. The maximum absolute atomic E-state index is 6.76. The Bertz CT molecular complexity index is 761. The SMILES string of the molecule is CCCCC1(C)OB(c2cnc3c(c2)CCCC3O[Si](C)(C)C(C)(C)C)OC1(C)C. The molecule has 0 N–H and O–H groups in total. The highest BCUT2D eigenvalue weighted by molar-refractivity contribution is 6.74. The number of fused-ring (bicyclic) bond motifs is 1. The third-order valence-electron chi connectivity index (χ3n) is 7.81. The van der Waals surface area contributed by atoms with Gasteiger partial charge in [-0.05, 0) is 70.2 Å². The van der Waals surface area contributed by atoms with Gasteiger partial charge in [0.25, 0.3) is 0 Å². The highest BCUT2D eigenvalue weighted by Crippen LogP contribution is 2.43. The van der Waals surface area contributed by atoms with E-state index in [2.05, 4.69) is 67.6 Å². The van der Waals surface area contributed by atoms with Gasteiger partial charge >= 0.3 is 7.12 Å². The topological polar surface area (TPSA) is 40.6 Å². The molecule has 4 nitrogen and oxygen atoms in total. The minimum absolute atomic E-state index is 0.111. The number of nitrogens with zero attached hydrogens (tertiary/aromatic N) is 1. The van der Waals surface area contributed by atoms with Crippen LogP contribution in [-0.2, 0) is 20.2 Å². The Balaban J connectivity index is 1.81. The van der Waals surface area contributed by atoms with Crippen molar-refractivity contribution in [3.63, 3.8) is 0 Å². The van der Waals surface area contributed by atoms with E-state index in [-0.39, 0.29) is 29.5 Å². The Hall–Kier alpha value is -0.688. The van der Waals surface area contributed by atoms with Crippen LogP contribution in [0.15, 0.2) is 12.3 Å². The zero-order valence-electron chi connectivity index (χ0n) is 20.7. The van der Waals surface area contributed by atoms with Crippen molar-refractivity contribution in [1.82, 2.24) is 4.98 Å². The first kappa shape index (κ1) is 24.0. The molecule has 0 spiro atoms.